The van der Waals surface area contributed by atoms with Crippen LogP contribution in [-0.2, 0) is 23.7 Å². The SMILES string of the molecule is CC1(C)OC[C@@H]([C@@H]2C[C@H]3OC(C)(C)OC3O2)O1. The molecule has 3 aliphatic rings. The van der Waals surface area contributed by atoms with Crippen LogP contribution in [0.4, 0.5) is 0 Å². The molecule has 98 valence electrons. The van der Waals surface area contributed by atoms with Gasteiger partial charge in [-0.05, 0) is 27.7 Å². The quantitative estimate of drug-likeness (QED) is 0.697. The van der Waals surface area contributed by atoms with Gasteiger partial charge in [0.05, 0.1) is 12.7 Å². The first-order valence-electron chi connectivity index (χ1n) is 6.18. The number of rotatable bonds is 1. The van der Waals surface area contributed by atoms with Gasteiger partial charge < -0.3 is 23.7 Å². The monoisotopic (exact) mass is 244 g/mol. The lowest BCUT2D eigenvalue weighted by molar-refractivity contribution is -0.220. The van der Waals surface area contributed by atoms with Crippen LogP contribution in [0.15, 0.2) is 0 Å². The summed E-state index contributed by atoms with van der Waals surface area (Å²) < 4.78 is 28.6. The molecule has 0 spiro atoms. The Morgan fingerprint density at radius 3 is 2.12 bits per heavy atom. The molecule has 0 aromatic heterocycles. The average molecular weight is 244 g/mol. The maximum atomic E-state index is 5.85. The number of fused-ring (bicyclic) bond motifs is 1. The fourth-order valence-corrected chi connectivity index (χ4v) is 2.67. The number of ether oxygens (including phenoxy) is 5. The predicted molar refractivity (Wildman–Crippen MR) is 58.2 cm³/mol. The molecule has 3 heterocycles. The highest BCUT2D eigenvalue weighted by Gasteiger charge is 2.52. The van der Waals surface area contributed by atoms with Gasteiger partial charge in [0.25, 0.3) is 0 Å². The Labute approximate surface area is 101 Å². The van der Waals surface area contributed by atoms with Crippen molar-refractivity contribution in [1.82, 2.24) is 0 Å². The maximum Gasteiger partial charge on any atom is 0.187 e. The summed E-state index contributed by atoms with van der Waals surface area (Å²) >= 11 is 0. The van der Waals surface area contributed by atoms with Crippen molar-refractivity contribution in [2.75, 3.05) is 6.61 Å². The second-order valence-electron chi connectivity index (χ2n) is 5.82. The Morgan fingerprint density at radius 2 is 1.53 bits per heavy atom. The molecule has 3 fully saturated rings. The molecular formula is C12H20O5. The van der Waals surface area contributed by atoms with Gasteiger partial charge in [0.15, 0.2) is 17.9 Å². The molecule has 0 bridgehead atoms. The summed E-state index contributed by atoms with van der Waals surface area (Å²) in [4.78, 5) is 0. The highest BCUT2D eigenvalue weighted by molar-refractivity contribution is 4.90. The van der Waals surface area contributed by atoms with Crippen LogP contribution >= 0.6 is 0 Å². The molecule has 3 aliphatic heterocycles. The molecule has 5 heteroatoms. The van der Waals surface area contributed by atoms with Crippen molar-refractivity contribution in [3.8, 4) is 0 Å². The third kappa shape index (κ3) is 2.22. The van der Waals surface area contributed by atoms with Crippen molar-refractivity contribution in [1.29, 1.82) is 0 Å². The molecule has 3 rings (SSSR count). The Morgan fingerprint density at radius 1 is 0.824 bits per heavy atom. The van der Waals surface area contributed by atoms with Gasteiger partial charge >= 0.3 is 0 Å². The van der Waals surface area contributed by atoms with Crippen molar-refractivity contribution in [3.05, 3.63) is 0 Å². The van der Waals surface area contributed by atoms with Crippen LogP contribution in [0.25, 0.3) is 0 Å². The fourth-order valence-electron chi connectivity index (χ4n) is 2.67. The Bertz CT molecular complexity index is 298. The molecule has 0 radical (unpaired) electrons. The first-order valence-corrected chi connectivity index (χ1v) is 6.18. The average Bonchev–Trinajstić information content (AvgIpc) is 2.75. The molecule has 3 saturated heterocycles. The van der Waals surface area contributed by atoms with Crippen molar-refractivity contribution >= 4 is 0 Å². The second kappa shape index (κ2) is 3.65. The van der Waals surface area contributed by atoms with Crippen LogP contribution in [-0.4, -0.2) is 42.8 Å². The highest BCUT2D eigenvalue weighted by atomic mass is 16.8. The van der Waals surface area contributed by atoms with Crippen molar-refractivity contribution in [3.63, 3.8) is 0 Å². The van der Waals surface area contributed by atoms with Crippen LogP contribution in [0, 0.1) is 0 Å². The smallest absolute Gasteiger partial charge is 0.187 e. The van der Waals surface area contributed by atoms with E-state index in [9.17, 15) is 0 Å². The molecule has 4 atom stereocenters. The summed E-state index contributed by atoms with van der Waals surface area (Å²) in [6, 6.07) is 0. The zero-order chi connectivity index (χ0) is 12.3. The van der Waals surface area contributed by atoms with Gasteiger partial charge in [0.1, 0.15) is 12.2 Å². The van der Waals surface area contributed by atoms with Crippen LogP contribution in [0.5, 0.6) is 0 Å². The predicted octanol–water partition coefficient (Wildman–Crippen LogP) is 1.40. The van der Waals surface area contributed by atoms with Crippen LogP contribution in [0.2, 0.25) is 0 Å². The number of hydrogen-bond acceptors (Lipinski definition) is 5. The van der Waals surface area contributed by atoms with E-state index >= 15 is 0 Å². The number of hydrogen-bond donors (Lipinski definition) is 0. The van der Waals surface area contributed by atoms with E-state index in [2.05, 4.69) is 0 Å². The summed E-state index contributed by atoms with van der Waals surface area (Å²) in [5.41, 5.74) is 0. The topological polar surface area (TPSA) is 46.2 Å². The van der Waals surface area contributed by atoms with Crippen molar-refractivity contribution < 1.29 is 23.7 Å². The molecule has 5 nitrogen and oxygen atoms in total. The minimum absolute atomic E-state index is 0.00266. The minimum atomic E-state index is -0.535. The summed E-state index contributed by atoms with van der Waals surface area (Å²) in [7, 11) is 0. The van der Waals surface area contributed by atoms with Crippen LogP contribution in [0.3, 0.4) is 0 Å². The Balaban J connectivity index is 1.60. The fraction of sp³-hybridized carbons (Fsp3) is 1.00. The van der Waals surface area contributed by atoms with Crippen LogP contribution in [0.1, 0.15) is 34.1 Å². The van der Waals surface area contributed by atoms with Crippen molar-refractivity contribution in [2.45, 2.75) is 70.3 Å². The Hall–Kier alpha value is -0.200. The van der Waals surface area contributed by atoms with E-state index in [1.165, 1.54) is 0 Å². The molecule has 0 N–H and O–H groups in total. The van der Waals surface area contributed by atoms with E-state index in [0.29, 0.717) is 6.61 Å². The zero-order valence-electron chi connectivity index (χ0n) is 10.8. The molecule has 0 aliphatic carbocycles. The van der Waals surface area contributed by atoms with Gasteiger partial charge in [0, 0.05) is 6.42 Å². The van der Waals surface area contributed by atoms with E-state index in [4.69, 9.17) is 23.7 Å². The second-order valence-corrected chi connectivity index (χ2v) is 5.82. The van der Waals surface area contributed by atoms with Gasteiger partial charge in [-0.15, -0.1) is 0 Å². The summed E-state index contributed by atoms with van der Waals surface area (Å²) in [5, 5.41) is 0. The standard InChI is InChI=1S/C12H20O5/c1-11(2)13-6-9(16-11)7-5-8-10(14-7)17-12(3,4)15-8/h7-10H,5-6H2,1-4H3/t7-,8+,9-,10?/m0/s1. The van der Waals surface area contributed by atoms with Gasteiger partial charge in [-0.3, -0.25) is 0 Å². The van der Waals surface area contributed by atoms with Gasteiger partial charge in [-0.25, -0.2) is 0 Å². The van der Waals surface area contributed by atoms with E-state index in [1.807, 2.05) is 27.7 Å². The van der Waals surface area contributed by atoms with Crippen molar-refractivity contribution in [2.24, 2.45) is 0 Å². The zero-order valence-corrected chi connectivity index (χ0v) is 10.8. The normalized spacial score (nSPS) is 47.3. The van der Waals surface area contributed by atoms with Gasteiger partial charge in [-0.2, -0.15) is 0 Å². The van der Waals surface area contributed by atoms with E-state index in [0.717, 1.165) is 6.42 Å². The molecule has 0 aromatic carbocycles. The molecule has 1 unspecified atom stereocenters. The molecule has 0 amide bonds. The van der Waals surface area contributed by atoms with Gasteiger partial charge in [-0.1, -0.05) is 0 Å². The van der Waals surface area contributed by atoms with E-state index in [1.54, 1.807) is 0 Å². The lowest BCUT2D eigenvalue weighted by atomic mass is 10.1. The van der Waals surface area contributed by atoms with E-state index < -0.39 is 11.6 Å². The van der Waals surface area contributed by atoms with E-state index in [-0.39, 0.29) is 24.6 Å². The lowest BCUT2D eigenvalue weighted by Crippen LogP contribution is -2.33. The summed E-state index contributed by atoms with van der Waals surface area (Å²) in [6.07, 6.45) is 0.538. The molecule has 17 heavy (non-hydrogen) atoms. The molecule has 0 aromatic rings. The first kappa shape index (κ1) is 11.9. The summed E-state index contributed by atoms with van der Waals surface area (Å²) in [5.74, 6) is -1.04. The molecule has 0 saturated carbocycles. The minimum Gasteiger partial charge on any atom is -0.348 e. The van der Waals surface area contributed by atoms with Crippen LogP contribution < -0.4 is 0 Å². The first-order chi connectivity index (χ1) is 7.85. The third-order valence-electron chi connectivity index (χ3n) is 3.36. The third-order valence-corrected chi connectivity index (χ3v) is 3.36. The summed E-state index contributed by atoms with van der Waals surface area (Å²) in [6.45, 7) is 8.21. The lowest BCUT2D eigenvalue weighted by Gasteiger charge is -2.23. The largest absolute Gasteiger partial charge is 0.348 e. The molecular weight excluding hydrogens is 224 g/mol. The highest BCUT2D eigenvalue weighted by Crippen LogP contribution is 2.40. The van der Waals surface area contributed by atoms with Gasteiger partial charge in [0.2, 0.25) is 0 Å². The maximum absolute atomic E-state index is 5.85. The Kier molecular flexibility index (Phi) is 2.55.